The van der Waals surface area contributed by atoms with Crippen LogP contribution in [0.25, 0.3) is 6.08 Å². The molecule has 2 rings (SSSR count). The summed E-state index contributed by atoms with van der Waals surface area (Å²) in [5.41, 5.74) is 12.3. The average molecular weight is 357 g/mol. The van der Waals surface area contributed by atoms with Gasteiger partial charge in [0.2, 0.25) is 0 Å². The molecule has 1 aromatic heterocycles. The van der Waals surface area contributed by atoms with Crippen molar-refractivity contribution in [2.24, 2.45) is 9.98 Å². The van der Waals surface area contributed by atoms with Gasteiger partial charge in [-0.3, -0.25) is 14.4 Å². The first-order chi connectivity index (χ1) is 12.9. The van der Waals surface area contributed by atoms with Gasteiger partial charge < -0.3 is 0 Å². The number of rotatable bonds is 4. The summed E-state index contributed by atoms with van der Waals surface area (Å²) < 4.78 is 3.33. The summed E-state index contributed by atoms with van der Waals surface area (Å²) in [6.45, 7) is 16.2. The van der Waals surface area contributed by atoms with Gasteiger partial charge in [0.25, 0.3) is 11.6 Å². The lowest BCUT2D eigenvalue weighted by atomic mass is 10.0. The minimum atomic E-state index is -0.157. The van der Waals surface area contributed by atoms with Crippen LogP contribution in [0.2, 0.25) is 0 Å². The van der Waals surface area contributed by atoms with E-state index >= 15 is 0 Å². The van der Waals surface area contributed by atoms with E-state index in [4.69, 9.17) is 0 Å². The van der Waals surface area contributed by atoms with Crippen LogP contribution in [0.3, 0.4) is 0 Å². The number of nitrogens with zero attached hydrogens (tertiary/aromatic N) is 4. The zero-order valence-electron chi connectivity index (χ0n) is 16.1. The fraction of sp³-hybridized carbons (Fsp3) is 0.182. The van der Waals surface area contributed by atoms with Crippen molar-refractivity contribution >= 4 is 36.0 Å². The van der Waals surface area contributed by atoms with Gasteiger partial charge in [-0.15, -0.1) is 5.73 Å². The predicted octanol–water partition coefficient (Wildman–Crippen LogP) is 3.99. The third-order valence-electron chi connectivity index (χ3n) is 4.18. The van der Waals surface area contributed by atoms with Gasteiger partial charge in [-0.05, 0) is 40.1 Å². The standard InChI is InChI=1S/C22H21N4O/c1-8-11-12-17-16(5)26-21(18(17)23-6)19(24-13-9-2)20(15(4)22(26)27)25(7)14-10-3/h10,12-13H,1-2,6H2,3-5,7H3/q+1. The number of allylic oxidation sites excluding steroid dienone is 3. The van der Waals surface area contributed by atoms with Crippen molar-refractivity contribution in [1.29, 1.82) is 0 Å². The first kappa shape index (κ1) is 19.6. The molecule has 2 heterocycles. The van der Waals surface area contributed by atoms with Crippen molar-refractivity contribution in [2.45, 2.75) is 20.8 Å². The summed E-state index contributed by atoms with van der Waals surface area (Å²) in [6.07, 6.45) is 4.91. The Bertz CT molecular complexity index is 1110. The molecule has 5 nitrogen and oxygen atoms in total. The smallest absolute Gasteiger partial charge is 0.265 e. The zero-order valence-corrected chi connectivity index (χ0v) is 16.1. The van der Waals surface area contributed by atoms with E-state index < -0.39 is 0 Å². The maximum absolute atomic E-state index is 13.2. The number of likely N-dealkylation sites (N-methyl/N-ethyl adjacent to an activating group) is 1. The van der Waals surface area contributed by atoms with Gasteiger partial charge in [0, 0.05) is 17.3 Å². The Morgan fingerprint density at radius 1 is 1.26 bits per heavy atom. The quantitative estimate of drug-likeness (QED) is 0.457. The van der Waals surface area contributed by atoms with E-state index in [-0.39, 0.29) is 5.91 Å². The maximum Gasteiger partial charge on any atom is 0.265 e. The van der Waals surface area contributed by atoms with Crippen molar-refractivity contribution < 1.29 is 9.37 Å². The molecular weight excluding hydrogens is 336 g/mol. The minimum absolute atomic E-state index is 0.157. The SMILES string of the molecule is C=C=C=Cc1c(N=C)c2n(c1C)C(=O)C(C)=C([N+](C)=C=CC)C2=NC=C=C. The van der Waals surface area contributed by atoms with Crippen molar-refractivity contribution in [3.05, 3.63) is 70.8 Å². The van der Waals surface area contributed by atoms with Crippen LogP contribution in [0.15, 0.2) is 63.9 Å². The van der Waals surface area contributed by atoms with Crippen LogP contribution in [0.4, 0.5) is 5.69 Å². The molecule has 1 aromatic rings. The summed E-state index contributed by atoms with van der Waals surface area (Å²) in [7, 11) is 1.81. The first-order valence-electron chi connectivity index (χ1n) is 8.23. The van der Waals surface area contributed by atoms with Gasteiger partial charge in [-0.25, -0.2) is 4.99 Å². The average Bonchev–Trinajstić information content (AvgIpc) is 2.93. The summed E-state index contributed by atoms with van der Waals surface area (Å²) in [4.78, 5) is 21.8. The molecule has 27 heavy (non-hydrogen) atoms. The zero-order chi connectivity index (χ0) is 20.1. The van der Waals surface area contributed by atoms with E-state index in [1.54, 1.807) is 28.2 Å². The monoisotopic (exact) mass is 357 g/mol. The Balaban J connectivity index is 3.08. The molecule has 1 aliphatic rings. The maximum atomic E-state index is 13.2. The highest BCUT2D eigenvalue weighted by Crippen LogP contribution is 2.37. The molecule has 0 aliphatic carbocycles. The van der Waals surface area contributed by atoms with Crippen LogP contribution in [-0.2, 0) is 0 Å². The summed E-state index contributed by atoms with van der Waals surface area (Å²) >= 11 is 0. The summed E-state index contributed by atoms with van der Waals surface area (Å²) in [5.74, 6) is 2.91. The molecule has 0 N–H and O–H groups in total. The number of hydrogen-bond donors (Lipinski definition) is 0. The fourth-order valence-corrected chi connectivity index (χ4v) is 3.08. The van der Waals surface area contributed by atoms with E-state index in [0.717, 1.165) is 0 Å². The van der Waals surface area contributed by atoms with Crippen molar-refractivity contribution in [2.75, 3.05) is 7.05 Å². The second-order valence-corrected chi connectivity index (χ2v) is 5.72. The molecule has 0 amide bonds. The van der Waals surface area contributed by atoms with Gasteiger partial charge in [0.1, 0.15) is 12.7 Å². The molecule has 5 heteroatoms. The van der Waals surface area contributed by atoms with Gasteiger partial charge in [0.05, 0.1) is 17.5 Å². The highest BCUT2D eigenvalue weighted by atomic mass is 16.2. The molecule has 0 radical (unpaired) electrons. The Labute approximate surface area is 159 Å². The topological polar surface area (TPSA) is 49.7 Å². The van der Waals surface area contributed by atoms with E-state index in [1.165, 1.54) is 6.20 Å². The lowest BCUT2D eigenvalue weighted by molar-refractivity contribution is -0.427. The number of fused-ring (bicyclic) bond motifs is 1. The van der Waals surface area contributed by atoms with Gasteiger partial charge in [-0.1, -0.05) is 18.0 Å². The molecule has 134 valence electrons. The number of aromatic nitrogens is 1. The lowest BCUT2D eigenvalue weighted by Crippen LogP contribution is -2.31. The van der Waals surface area contributed by atoms with Crippen molar-refractivity contribution in [3.63, 3.8) is 0 Å². The number of aliphatic imine (C=N–C) groups is 2. The normalized spacial score (nSPS) is 13.8. The number of hydrogen-bond acceptors (Lipinski definition) is 3. The van der Waals surface area contributed by atoms with Crippen molar-refractivity contribution in [3.8, 4) is 0 Å². The van der Waals surface area contributed by atoms with Gasteiger partial charge >= 0.3 is 0 Å². The Morgan fingerprint density at radius 2 is 1.96 bits per heavy atom. The number of carbonyl (C=O) groups excluding carboxylic acids is 1. The Hall–Kier alpha value is -3.70. The fourth-order valence-electron chi connectivity index (χ4n) is 3.08. The molecule has 0 unspecified atom stereocenters. The molecule has 1 aliphatic heterocycles. The third-order valence-corrected chi connectivity index (χ3v) is 4.18. The molecule has 0 atom stereocenters. The second-order valence-electron chi connectivity index (χ2n) is 5.72. The number of carbonyl (C=O) groups is 1. The van der Waals surface area contributed by atoms with E-state index in [0.29, 0.717) is 39.6 Å². The Kier molecular flexibility index (Phi) is 5.90. The molecular formula is C22H21N4O+. The minimum Gasteiger partial charge on any atom is -0.276 e. The Morgan fingerprint density at radius 3 is 2.52 bits per heavy atom. The van der Waals surface area contributed by atoms with E-state index in [2.05, 4.69) is 52.9 Å². The van der Waals surface area contributed by atoms with E-state index in [9.17, 15) is 4.79 Å². The van der Waals surface area contributed by atoms with Crippen LogP contribution < -0.4 is 0 Å². The second kappa shape index (κ2) is 8.12. The van der Waals surface area contributed by atoms with Crippen LogP contribution in [0, 0.1) is 6.92 Å². The highest BCUT2D eigenvalue weighted by molar-refractivity contribution is 6.23. The third kappa shape index (κ3) is 3.23. The first-order valence-corrected chi connectivity index (χ1v) is 8.23. The van der Waals surface area contributed by atoms with Gasteiger partial charge in [0.15, 0.2) is 11.6 Å². The largest absolute Gasteiger partial charge is 0.276 e. The molecule has 0 bridgehead atoms. The molecule has 0 spiro atoms. The summed E-state index contributed by atoms with van der Waals surface area (Å²) in [5, 5.41) is 0. The van der Waals surface area contributed by atoms with Crippen molar-refractivity contribution in [1.82, 2.24) is 4.57 Å². The van der Waals surface area contributed by atoms with E-state index in [1.807, 2.05) is 20.9 Å². The molecule has 0 saturated heterocycles. The van der Waals surface area contributed by atoms with Crippen LogP contribution in [0.1, 0.15) is 35.6 Å². The van der Waals surface area contributed by atoms with Crippen LogP contribution in [0.5, 0.6) is 0 Å². The highest BCUT2D eigenvalue weighted by Gasteiger charge is 2.38. The lowest BCUT2D eigenvalue weighted by Gasteiger charge is -2.18. The molecule has 0 aromatic carbocycles. The molecule has 0 fully saturated rings. The van der Waals surface area contributed by atoms with Gasteiger partial charge in [-0.2, -0.15) is 4.58 Å². The predicted molar refractivity (Wildman–Crippen MR) is 111 cm³/mol. The van der Waals surface area contributed by atoms with Crippen LogP contribution >= 0.6 is 0 Å². The summed E-state index contributed by atoms with van der Waals surface area (Å²) in [6, 6.07) is 0. The molecule has 0 saturated carbocycles. The van der Waals surface area contributed by atoms with Crippen LogP contribution in [-0.4, -0.2) is 40.4 Å².